The minimum absolute atomic E-state index is 0.362. The van der Waals surface area contributed by atoms with Crippen LogP contribution >= 0.6 is 11.3 Å². The van der Waals surface area contributed by atoms with Crippen molar-refractivity contribution in [3.8, 4) is 0 Å². The first-order valence-corrected chi connectivity index (χ1v) is 8.43. The molecule has 2 aromatic heterocycles. The molecular formula is C15H22N4S. The number of aromatic nitrogens is 2. The van der Waals surface area contributed by atoms with Crippen LogP contribution in [0.5, 0.6) is 0 Å². The lowest BCUT2D eigenvalue weighted by Crippen LogP contribution is -2.30. The summed E-state index contributed by atoms with van der Waals surface area (Å²) < 4.78 is 0. The molecule has 0 saturated heterocycles. The van der Waals surface area contributed by atoms with Crippen molar-refractivity contribution in [2.75, 3.05) is 11.1 Å². The van der Waals surface area contributed by atoms with E-state index in [1.807, 2.05) is 5.38 Å². The Morgan fingerprint density at radius 2 is 2.15 bits per heavy atom. The van der Waals surface area contributed by atoms with Crippen LogP contribution in [-0.4, -0.2) is 16.0 Å². The van der Waals surface area contributed by atoms with E-state index in [0.717, 1.165) is 28.4 Å². The highest BCUT2D eigenvalue weighted by molar-refractivity contribution is 7.16. The standard InChI is InChI=1S/C15H22N4S/c1-2-12(10-6-4-3-5-7-10)17-13-11-8-9-20-14(11)19-15(16)18-13/h8-10,12H,2-7H2,1H3,(H3,16,17,18,19). The fraction of sp³-hybridized carbons (Fsp3) is 0.600. The summed E-state index contributed by atoms with van der Waals surface area (Å²) in [7, 11) is 0. The molecule has 0 bridgehead atoms. The molecule has 20 heavy (non-hydrogen) atoms. The van der Waals surface area contributed by atoms with E-state index < -0.39 is 0 Å². The van der Waals surface area contributed by atoms with Gasteiger partial charge in [0.1, 0.15) is 10.6 Å². The lowest BCUT2D eigenvalue weighted by Gasteiger charge is -2.30. The van der Waals surface area contributed by atoms with Gasteiger partial charge in [-0.2, -0.15) is 4.98 Å². The van der Waals surface area contributed by atoms with Crippen LogP contribution in [0.2, 0.25) is 0 Å². The van der Waals surface area contributed by atoms with Crippen molar-refractivity contribution in [2.45, 2.75) is 51.5 Å². The summed E-state index contributed by atoms with van der Waals surface area (Å²) in [5.74, 6) is 2.03. The number of nitrogen functional groups attached to an aromatic ring is 1. The number of hydrogen-bond acceptors (Lipinski definition) is 5. The Bertz CT molecular complexity index is 574. The molecule has 3 N–H and O–H groups in total. The fourth-order valence-corrected chi connectivity index (χ4v) is 4.02. The number of nitrogens with one attached hydrogen (secondary N) is 1. The Labute approximate surface area is 123 Å². The minimum Gasteiger partial charge on any atom is -0.368 e. The van der Waals surface area contributed by atoms with Crippen LogP contribution in [0.25, 0.3) is 10.2 Å². The average Bonchev–Trinajstić information content (AvgIpc) is 2.93. The maximum Gasteiger partial charge on any atom is 0.223 e. The van der Waals surface area contributed by atoms with Gasteiger partial charge in [-0.1, -0.05) is 26.2 Å². The second-order valence-corrected chi connectivity index (χ2v) is 6.52. The second-order valence-electron chi connectivity index (χ2n) is 5.63. The highest BCUT2D eigenvalue weighted by Gasteiger charge is 2.23. The number of nitrogens with two attached hydrogens (primary N) is 1. The zero-order valence-corrected chi connectivity index (χ0v) is 12.7. The van der Waals surface area contributed by atoms with Crippen molar-refractivity contribution in [1.29, 1.82) is 0 Å². The van der Waals surface area contributed by atoms with Crippen LogP contribution in [0.15, 0.2) is 11.4 Å². The van der Waals surface area contributed by atoms with Crippen molar-refractivity contribution in [3.63, 3.8) is 0 Å². The third-order valence-corrected chi connectivity index (χ3v) is 5.13. The molecule has 0 aromatic carbocycles. The van der Waals surface area contributed by atoms with Gasteiger partial charge in [0.2, 0.25) is 5.95 Å². The molecule has 2 aromatic rings. The average molecular weight is 290 g/mol. The topological polar surface area (TPSA) is 63.8 Å². The number of anilines is 2. The Hall–Kier alpha value is -1.36. The molecule has 0 amide bonds. The first-order valence-electron chi connectivity index (χ1n) is 7.55. The summed E-state index contributed by atoms with van der Waals surface area (Å²) in [6.45, 7) is 2.25. The summed E-state index contributed by atoms with van der Waals surface area (Å²) in [4.78, 5) is 9.68. The fourth-order valence-electron chi connectivity index (χ4n) is 3.25. The van der Waals surface area contributed by atoms with Crippen molar-refractivity contribution in [3.05, 3.63) is 11.4 Å². The van der Waals surface area contributed by atoms with Gasteiger partial charge in [-0.15, -0.1) is 11.3 Å². The van der Waals surface area contributed by atoms with E-state index in [2.05, 4.69) is 28.3 Å². The monoisotopic (exact) mass is 290 g/mol. The van der Waals surface area contributed by atoms with E-state index in [4.69, 9.17) is 5.73 Å². The molecule has 1 fully saturated rings. The Morgan fingerprint density at radius 3 is 2.90 bits per heavy atom. The SMILES string of the molecule is CCC(Nc1nc(N)nc2sccc12)C1CCCCC1. The minimum atomic E-state index is 0.362. The third kappa shape index (κ3) is 2.73. The van der Waals surface area contributed by atoms with Crippen molar-refractivity contribution in [1.82, 2.24) is 9.97 Å². The second kappa shape index (κ2) is 5.95. The highest BCUT2D eigenvalue weighted by atomic mass is 32.1. The van der Waals surface area contributed by atoms with Gasteiger partial charge in [-0.05, 0) is 36.6 Å². The van der Waals surface area contributed by atoms with Crippen LogP contribution in [0.3, 0.4) is 0 Å². The maximum atomic E-state index is 5.82. The predicted octanol–water partition coefficient (Wildman–Crippen LogP) is 4.04. The van der Waals surface area contributed by atoms with Crippen molar-refractivity contribution in [2.24, 2.45) is 5.92 Å². The van der Waals surface area contributed by atoms with E-state index in [-0.39, 0.29) is 0 Å². The van der Waals surface area contributed by atoms with Crippen LogP contribution in [0.4, 0.5) is 11.8 Å². The molecule has 0 spiro atoms. The zero-order chi connectivity index (χ0) is 13.9. The predicted molar refractivity (Wildman–Crippen MR) is 86.1 cm³/mol. The molecule has 1 atom stereocenters. The van der Waals surface area contributed by atoms with Crippen molar-refractivity contribution >= 4 is 33.3 Å². The summed E-state index contributed by atoms with van der Waals surface area (Å²) in [6.07, 6.45) is 7.91. The lowest BCUT2D eigenvalue weighted by molar-refractivity contribution is 0.313. The first-order chi connectivity index (χ1) is 9.78. The number of hydrogen-bond donors (Lipinski definition) is 2. The Balaban J connectivity index is 1.84. The zero-order valence-electron chi connectivity index (χ0n) is 11.9. The maximum absolute atomic E-state index is 5.82. The van der Waals surface area contributed by atoms with E-state index in [0.29, 0.717) is 12.0 Å². The molecule has 0 aliphatic heterocycles. The van der Waals surface area contributed by atoms with Gasteiger partial charge in [0.15, 0.2) is 0 Å². The quantitative estimate of drug-likeness (QED) is 0.892. The molecule has 3 rings (SSSR count). The van der Waals surface area contributed by atoms with Gasteiger partial charge in [0.05, 0.1) is 5.39 Å². The number of thiophene rings is 1. The molecule has 1 aliphatic rings. The van der Waals surface area contributed by atoms with Gasteiger partial charge in [-0.25, -0.2) is 4.98 Å². The number of rotatable bonds is 4. The third-order valence-electron chi connectivity index (χ3n) is 4.32. The van der Waals surface area contributed by atoms with Gasteiger partial charge in [0, 0.05) is 6.04 Å². The molecule has 4 nitrogen and oxygen atoms in total. The molecule has 5 heteroatoms. The molecule has 1 aliphatic carbocycles. The summed E-state index contributed by atoms with van der Waals surface area (Å²) >= 11 is 1.61. The van der Waals surface area contributed by atoms with Crippen molar-refractivity contribution < 1.29 is 0 Å². The summed E-state index contributed by atoms with van der Waals surface area (Å²) in [5, 5.41) is 6.79. The van der Waals surface area contributed by atoms with Crippen LogP contribution in [-0.2, 0) is 0 Å². The normalized spacial score (nSPS) is 18.2. The van der Waals surface area contributed by atoms with E-state index >= 15 is 0 Å². The summed E-state index contributed by atoms with van der Waals surface area (Å²) in [6, 6.07) is 2.57. The molecule has 2 heterocycles. The molecule has 1 saturated carbocycles. The van der Waals surface area contributed by atoms with Crippen LogP contribution < -0.4 is 11.1 Å². The van der Waals surface area contributed by atoms with Gasteiger partial charge in [-0.3, -0.25) is 0 Å². The smallest absolute Gasteiger partial charge is 0.223 e. The summed E-state index contributed by atoms with van der Waals surface area (Å²) in [5.41, 5.74) is 5.82. The molecule has 0 radical (unpaired) electrons. The lowest BCUT2D eigenvalue weighted by atomic mass is 9.83. The highest BCUT2D eigenvalue weighted by Crippen LogP contribution is 2.32. The van der Waals surface area contributed by atoms with Gasteiger partial charge >= 0.3 is 0 Å². The van der Waals surface area contributed by atoms with E-state index in [9.17, 15) is 0 Å². The van der Waals surface area contributed by atoms with E-state index in [1.165, 1.54) is 32.1 Å². The van der Waals surface area contributed by atoms with Gasteiger partial charge < -0.3 is 11.1 Å². The molecule has 108 valence electrons. The van der Waals surface area contributed by atoms with Crippen LogP contribution in [0.1, 0.15) is 45.4 Å². The van der Waals surface area contributed by atoms with E-state index in [1.54, 1.807) is 11.3 Å². The first kappa shape index (κ1) is 13.6. The Morgan fingerprint density at radius 1 is 1.35 bits per heavy atom. The van der Waals surface area contributed by atoms with Gasteiger partial charge in [0.25, 0.3) is 0 Å². The molecular weight excluding hydrogens is 268 g/mol. The van der Waals surface area contributed by atoms with Crippen LogP contribution in [0, 0.1) is 5.92 Å². The largest absolute Gasteiger partial charge is 0.368 e. The Kier molecular flexibility index (Phi) is 4.05. The molecule has 1 unspecified atom stereocenters. The number of fused-ring (bicyclic) bond motifs is 1. The number of nitrogens with zero attached hydrogens (tertiary/aromatic N) is 2.